The van der Waals surface area contributed by atoms with Crippen molar-refractivity contribution >= 4 is 17.5 Å². The van der Waals surface area contributed by atoms with E-state index in [1.54, 1.807) is 0 Å². The molecule has 2 aromatic rings. The Morgan fingerprint density at radius 1 is 1.00 bits per heavy atom. The minimum atomic E-state index is 0.0315. The second kappa shape index (κ2) is 9.55. The predicted molar refractivity (Wildman–Crippen MR) is 139 cm³/mol. The quantitative estimate of drug-likeness (QED) is 0.663. The fourth-order valence-corrected chi connectivity index (χ4v) is 5.53. The van der Waals surface area contributed by atoms with Crippen molar-refractivity contribution in [3.05, 3.63) is 59.2 Å². The van der Waals surface area contributed by atoms with Crippen molar-refractivity contribution in [2.75, 3.05) is 71.0 Å². The lowest BCUT2D eigenvalue weighted by molar-refractivity contribution is 0.0101. The topological polar surface area (TPSA) is 49.8 Å². The van der Waals surface area contributed by atoms with Gasteiger partial charge in [-0.05, 0) is 18.6 Å². The fraction of sp³-hybridized carbons (Fsp3) is 0.464. The maximum Gasteiger partial charge on any atom is 0.151 e. The van der Waals surface area contributed by atoms with Crippen LogP contribution in [-0.2, 0) is 4.84 Å². The number of hydrogen-bond donors (Lipinski definition) is 0. The summed E-state index contributed by atoms with van der Waals surface area (Å²) in [5, 5.41) is 4.53. The van der Waals surface area contributed by atoms with Crippen LogP contribution in [-0.4, -0.2) is 87.7 Å². The normalized spacial score (nSPS) is 24.5. The molecule has 35 heavy (non-hydrogen) atoms. The number of oxime groups is 1. The van der Waals surface area contributed by atoms with E-state index in [9.17, 15) is 0 Å². The molecule has 4 heterocycles. The van der Waals surface area contributed by atoms with E-state index in [2.05, 4.69) is 82.4 Å². The standard InChI is InChI=1S/C28H34N4O3/c1-20(14-21-6-4-3-5-7-21)17-31-8-10-32(11-9-31)18-27-23-19-34-25-16-24-26(33-13-12-30(24)2)15-22(25)28(23)29-35-27/h3-7,14-16,23,27H,8-13,17-19H2,1-2H3. The molecule has 2 atom stereocenters. The van der Waals surface area contributed by atoms with Crippen molar-refractivity contribution in [1.82, 2.24) is 9.80 Å². The van der Waals surface area contributed by atoms with E-state index in [4.69, 9.17) is 14.3 Å². The second-order valence-electron chi connectivity index (χ2n) is 10.1. The lowest BCUT2D eigenvalue weighted by atomic mass is 9.89. The Morgan fingerprint density at radius 3 is 2.63 bits per heavy atom. The van der Waals surface area contributed by atoms with E-state index in [1.165, 1.54) is 11.1 Å². The van der Waals surface area contributed by atoms with Gasteiger partial charge < -0.3 is 19.2 Å². The molecule has 2 unspecified atom stereocenters. The van der Waals surface area contributed by atoms with Crippen LogP contribution in [0.5, 0.6) is 11.5 Å². The molecule has 1 fully saturated rings. The summed E-state index contributed by atoms with van der Waals surface area (Å²) in [5.74, 6) is 1.95. The largest absolute Gasteiger partial charge is 0.492 e. The number of rotatable bonds is 5. The molecule has 7 nitrogen and oxygen atoms in total. The monoisotopic (exact) mass is 474 g/mol. The average Bonchev–Trinajstić information content (AvgIpc) is 3.28. The summed E-state index contributed by atoms with van der Waals surface area (Å²) in [6.45, 7) is 10.6. The molecule has 4 aliphatic heterocycles. The van der Waals surface area contributed by atoms with Gasteiger partial charge in [0.2, 0.25) is 0 Å². The Kier molecular flexibility index (Phi) is 6.12. The number of hydrogen-bond acceptors (Lipinski definition) is 7. The van der Waals surface area contributed by atoms with Crippen molar-refractivity contribution in [2.24, 2.45) is 11.1 Å². The van der Waals surface area contributed by atoms with Gasteiger partial charge in [0.25, 0.3) is 0 Å². The van der Waals surface area contributed by atoms with Crippen molar-refractivity contribution in [3.8, 4) is 11.5 Å². The Balaban J connectivity index is 1.04. The van der Waals surface area contributed by atoms with E-state index in [0.717, 1.165) is 74.3 Å². The van der Waals surface area contributed by atoms with Crippen LogP contribution in [0, 0.1) is 5.92 Å². The molecule has 0 N–H and O–H groups in total. The number of ether oxygens (including phenoxy) is 2. The summed E-state index contributed by atoms with van der Waals surface area (Å²) in [5.41, 5.74) is 5.78. The molecule has 1 saturated heterocycles. The fourth-order valence-electron chi connectivity index (χ4n) is 5.53. The summed E-state index contributed by atoms with van der Waals surface area (Å²) < 4.78 is 12.1. The van der Waals surface area contributed by atoms with Crippen molar-refractivity contribution in [3.63, 3.8) is 0 Å². The smallest absolute Gasteiger partial charge is 0.151 e. The van der Waals surface area contributed by atoms with Gasteiger partial charge in [-0.1, -0.05) is 47.1 Å². The van der Waals surface area contributed by atoms with Crippen LogP contribution in [0.15, 0.2) is 53.2 Å². The first kappa shape index (κ1) is 22.4. The molecule has 0 aromatic heterocycles. The zero-order valence-corrected chi connectivity index (χ0v) is 20.7. The highest BCUT2D eigenvalue weighted by molar-refractivity contribution is 6.07. The maximum atomic E-state index is 6.20. The van der Waals surface area contributed by atoms with E-state index < -0.39 is 0 Å². The third kappa shape index (κ3) is 4.62. The molecule has 0 saturated carbocycles. The van der Waals surface area contributed by atoms with E-state index >= 15 is 0 Å². The number of fused-ring (bicyclic) bond motifs is 4. The van der Waals surface area contributed by atoms with E-state index in [0.29, 0.717) is 13.2 Å². The molecule has 0 bridgehead atoms. The first-order chi connectivity index (χ1) is 17.1. The first-order valence-corrected chi connectivity index (χ1v) is 12.7. The molecule has 4 aliphatic rings. The maximum absolute atomic E-state index is 6.20. The molecule has 0 spiro atoms. The lowest BCUT2D eigenvalue weighted by Crippen LogP contribution is -2.50. The van der Waals surface area contributed by atoms with Crippen LogP contribution in [0.4, 0.5) is 5.69 Å². The average molecular weight is 475 g/mol. The van der Waals surface area contributed by atoms with Crippen molar-refractivity contribution in [2.45, 2.75) is 13.0 Å². The van der Waals surface area contributed by atoms with Crippen LogP contribution in [0.2, 0.25) is 0 Å². The summed E-state index contributed by atoms with van der Waals surface area (Å²) in [7, 11) is 2.09. The van der Waals surface area contributed by atoms with Crippen LogP contribution in [0.3, 0.4) is 0 Å². The van der Waals surface area contributed by atoms with Gasteiger partial charge in [-0.15, -0.1) is 0 Å². The van der Waals surface area contributed by atoms with E-state index in [1.807, 2.05) is 0 Å². The van der Waals surface area contributed by atoms with E-state index in [-0.39, 0.29) is 12.0 Å². The van der Waals surface area contributed by atoms with Crippen LogP contribution in [0.1, 0.15) is 18.1 Å². The Bertz CT molecular complexity index is 1120. The van der Waals surface area contributed by atoms with Crippen LogP contribution < -0.4 is 14.4 Å². The molecule has 184 valence electrons. The van der Waals surface area contributed by atoms with Gasteiger partial charge in [0, 0.05) is 57.9 Å². The molecule has 0 amide bonds. The highest BCUT2D eigenvalue weighted by Crippen LogP contribution is 2.42. The molecule has 0 aliphatic carbocycles. The third-order valence-electron chi connectivity index (χ3n) is 7.53. The molecule has 6 rings (SSSR count). The van der Waals surface area contributed by atoms with Crippen molar-refractivity contribution in [1.29, 1.82) is 0 Å². The molecule has 2 aromatic carbocycles. The van der Waals surface area contributed by atoms with Gasteiger partial charge >= 0.3 is 0 Å². The van der Waals surface area contributed by atoms with Crippen molar-refractivity contribution < 1.29 is 14.3 Å². The minimum absolute atomic E-state index is 0.0315. The number of likely N-dealkylation sites (N-methyl/N-ethyl adjacent to an activating group) is 1. The first-order valence-electron chi connectivity index (χ1n) is 12.7. The molecule has 7 heteroatoms. The van der Waals surface area contributed by atoms with Crippen LogP contribution >= 0.6 is 0 Å². The Hall–Kier alpha value is -3.03. The molecule has 0 radical (unpaired) electrons. The Morgan fingerprint density at radius 2 is 1.80 bits per heavy atom. The Labute approximate surface area is 207 Å². The van der Waals surface area contributed by atoms with Gasteiger partial charge in [-0.2, -0.15) is 0 Å². The summed E-state index contributed by atoms with van der Waals surface area (Å²) in [4.78, 5) is 13.2. The number of piperazine rings is 1. The summed E-state index contributed by atoms with van der Waals surface area (Å²) in [6, 6.07) is 14.7. The summed E-state index contributed by atoms with van der Waals surface area (Å²) >= 11 is 0. The van der Waals surface area contributed by atoms with Gasteiger partial charge in [0.1, 0.15) is 30.4 Å². The second-order valence-corrected chi connectivity index (χ2v) is 10.1. The number of anilines is 1. The zero-order chi connectivity index (χ0) is 23.8. The van der Waals surface area contributed by atoms with Gasteiger partial charge in [-0.3, -0.25) is 9.80 Å². The lowest BCUT2D eigenvalue weighted by Gasteiger charge is -2.36. The number of benzene rings is 2. The van der Waals surface area contributed by atoms with Crippen LogP contribution in [0.25, 0.3) is 6.08 Å². The number of nitrogens with zero attached hydrogens (tertiary/aromatic N) is 4. The highest BCUT2D eigenvalue weighted by Gasteiger charge is 2.41. The third-order valence-corrected chi connectivity index (χ3v) is 7.53. The van der Waals surface area contributed by atoms with Gasteiger partial charge in [0.15, 0.2) is 6.10 Å². The molecular weight excluding hydrogens is 440 g/mol. The zero-order valence-electron chi connectivity index (χ0n) is 20.7. The predicted octanol–water partition coefficient (Wildman–Crippen LogP) is 3.35. The highest BCUT2D eigenvalue weighted by atomic mass is 16.6. The van der Waals surface area contributed by atoms with Gasteiger partial charge in [0.05, 0.1) is 18.2 Å². The SMILES string of the molecule is CC(=Cc1ccccc1)CN1CCN(CC2ON=C3c4cc5c(cc4OCC32)N(C)CCO5)CC1. The summed E-state index contributed by atoms with van der Waals surface area (Å²) in [6.07, 6.45) is 2.32. The van der Waals surface area contributed by atoms with Gasteiger partial charge in [-0.25, -0.2) is 0 Å². The molecular formula is C28H34N4O3. The minimum Gasteiger partial charge on any atom is -0.492 e.